The van der Waals surface area contributed by atoms with Crippen molar-refractivity contribution in [1.82, 2.24) is 4.90 Å². The van der Waals surface area contributed by atoms with Crippen molar-refractivity contribution in [3.8, 4) is 0 Å². The Hall–Kier alpha value is -1.10. The minimum atomic E-state index is -0.920. The van der Waals surface area contributed by atoms with Gasteiger partial charge in [-0.25, -0.2) is 0 Å². The van der Waals surface area contributed by atoms with Gasteiger partial charge >= 0.3 is 5.97 Å². The van der Waals surface area contributed by atoms with Crippen LogP contribution in [0, 0.1) is 11.8 Å². The quantitative estimate of drug-likeness (QED) is 0.773. The lowest BCUT2D eigenvalue weighted by Gasteiger charge is -2.30. The van der Waals surface area contributed by atoms with Gasteiger partial charge in [-0.05, 0) is 40.0 Å². The van der Waals surface area contributed by atoms with Crippen LogP contribution in [0.3, 0.4) is 0 Å². The second-order valence-corrected chi connectivity index (χ2v) is 5.71. The normalized spacial score (nSPS) is 24.0. The molecule has 0 aliphatic heterocycles. The molecule has 1 amide bonds. The number of rotatable bonds is 5. The highest BCUT2D eigenvalue weighted by atomic mass is 16.4. The fourth-order valence-electron chi connectivity index (χ4n) is 2.50. The molecule has 1 fully saturated rings. The van der Waals surface area contributed by atoms with E-state index in [1.807, 2.05) is 6.92 Å². The van der Waals surface area contributed by atoms with Crippen molar-refractivity contribution >= 4 is 11.9 Å². The number of hydrogen-bond acceptors (Lipinski definition) is 3. The highest BCUT2D eigenvalue weighted by Gasteiger charge is 2.36. The Kier molecular flexibility index (Phi) is 4.73. The van der Waals surface area contributed by atoms with E-state index in [2.05, 4.69) is 0 Å². The van der Waals surface area contributed by atoms with Crippen molar-refractivity contribution in [2.45, 2.75) is 45.6 Å². The summed E-state index contributed by atoms with van der Waals surface area (Å²) in [4.78, 5) is 24.7. The van der Waals surface area contributed by atoms with Gasteiger partial charge in [0.2, 0.25) is 5.91 Å². The monoisotopic (exact) mass is 257 g/mol. The Balaban J connectivity index is 2.60. The highest BCUT2D eigenvalue weighted by Crippen LogP contribution is 2.32. The lowest BCUT2D eigenvalue weighted by atomic mass is 10.0. The van der Waals surface area contributed by atoms with Crippen molar-refractivity contribution in [2.75, 3.05) is 13.1 Å². The maximum Gasteiger partial charge on any atom is 0.306 e. The topological polar surface area (TPSA) is 77.8 Å². The number of carboxylic acids is 1. The summed E-state index contributed by atoms with van der Waals surface area (Å²) in [6.45, 7) is 6.02. The molecule has 18 heavy (non-hydrogen) atoms. The Morgan fingerprint density at radius 1 is 1.28 bits per heavy atom. The number of hydrogen-bond donors (Lipinski definition) is 2. The lowest BCUT2D eigenvalue weighted by Crippen LogP contribution is -2.44. The first-order valence-electron chi connectivity index (χ1n) is 6.48. The average molecular weight is 257 g/mol. The zero-order valence-electron chi connectivity index (χ0n) is 11.3. The van der Waals surface area contributed by atoms with E-state index in [0.29, 0.717) is 25.8 Å². The van der Waals surface area contributed by atoms with Gasteiger partial charge < -0.3 is 15.1 Å². The van der Waals surface area contributed by atoms with E-state index < -0.39 is 11.6 Å². The Bertz CT molecular complexity index is 321. The molecule has 5 nitrogen and oxygen atoms in total. The first kappa shape index (κ1) is 15.0. The van der Waals surface area contributed by atoms with Gasteiger partial charge in [0.25, 0.3) is 0 Å². The summed E-state index contributed by atoms with van der Waals surface area (Å²) in [7, 11) is 0. The summed E-state index contributed by atoms with van der Waals surface area (Å²) in [5.41, 5.74) is -0.920. The van der Waals surface area contributed by atoms with Crippen LogP contribution in [0.15, 0.2) is 0 Å². The summed E-state index contributed by atoms with van der Waals surface area (Å²) < 4.78 is 0. The number of nitrogens with zero attached hydrogens (tertiary/aromatic N) is 1. The van der Waals surface area contributed by atoms with E-state index in [1.54, 1.807) is 18.7 Å². The number of carbonyl (C=O) groups excluding carboxylic acids is 1. The third-order valence-corrected chi connectivity index (χ3v) is 3.40. The van der Waals surface area contributed by atoms with Crippen LogP contribution in [0.25, 0.3) is 0 Å². The fraction of sp³-hybridized carbons (Fsp3) is 0.846. The summed E-state index contributed by atoms with van der Waals surface area (Å²) in [6, 6.07) is 0. The molecule has 104 valence electrons. The van der Waals surface area contributed by atoms with Crippen LogP contribution in [0.5, 0.6) is 0 Å². The van der Waals surface area contributed by atoms with Gasteiger partial charge in [0.05, 0.1) is 11.5 Å². The number of amides is 1. The van der Waals surface area contributed by atoms with Crippen LogP contribution in [-0.2, 0) is 9.59 Å². The van der Waals surface area contributed by atoms with Crippen molar-refractivity contribution < 1.29 is 19.8 Å². The first-order chi connectivity index (χ1) is 8.24. The van der Waals surface area contributed by atoms with Crippen molar-refractivity contribution in [1.29, 1.82) is 0 Å². The van der Waals surface area contributed by atoms with E-state index in [1.165, 1.54) is 0 Å². The average Bonchev–Trinajstić information content (AvgIpc) is 2.72. The number of carbonyl (C=O) groups is 2. The van der Waals surface area contributed by atoms with E-state index >= 15 is 0 Å². The molecule has 0 aromatic heterocycles. The molecule has 2 unspecified atom stereocenters. The van der Waals surface area contributed by atoms with E-state index in [4.69, 9.17) is 5.11 Å². The zero-order valence-corrected chi connectivity index (χ0v) is 11.3. The molecule has 1 aliphatic carbocycles. The minimum absolute atomic E-state index is 0.0247. The van der Waals surface area contributed by atoms with Crippen molar-refractivity contribution in [3.63, 3.8) is 0 Å². The summed E-state index contributed by atoms with van der Waals surface area (Å²) in [6.07, 6.45) is 1.64. The van der Waals surface area contributed by atoms with Crippen LogP contribution >= 0.6 is 0 Å². The summed E-state index contributed by atoms with van der Waals surface area (Å²) in [5, 5.41) is 18.7. The number of carboxylic acid groups (broad SMARTS) is 1. The zero-order chi connectivity index (χ0) is 13.9. The van der Waals surface area contributed by atoms with Gasteiger partial charge in [-0.1, -0.05) is 0 Å². The van der Waals surface area contributed by atoms with Crippen LogP contribution < -0.4 is 0 Å². The van der Waals surface area contributed by atoms with Crippen molar-refractivity contribution in [3.05, 3.63) is 0 Å². The van der Waals surface area contributed by atoms with Gasteiger partial charge in [-0.15, -0.1) is 0 Å². The molecule has 1 saturated carbocycles. The molecule has 0 saturated heterocycles. The van der Waals surface area contributed by atoms with Crippen LogP contribution in [0.2, 0.25) is 0 Å². The van der Waals surface area contributed by atoms with Gasteiger partial charge in [-0.2, -0.15) is 0 Å². The molecule has 2 atom stereocenters. The van der Waals surface area contributed by atoms with Gasteiger partial charge in [-0.3, -0.25) is 9.59 Å². The standard InChI is InChI=1S/C13H23NO4/c1-4-14(8-13(2,3)18)11(15)9-5-6-10(7-9)12(16)17/h9-10,18H,4-8H2,1-3H3,(H,16,17). The smallest absolute Gasteiger partial charge is 0.306 e. The lowest BCUT2D eigenvalue weighted by molar-refractivity contribution is -0.142. The molecule has 0 aromatic rings. The Morgan fingerprint density at radius 3 is 2.22 bits per heavy atom. The third-order valence-electron chi connectivity index (χ3n) is 3.40. The number of aliphatic hydroxyl groups is 1. The minimum Gasteiger partial charge on any atom is -0.481 e. The molecule has 0 aromatic carbocycles. The van der Waals surface area contributed by atoms with E-state index in [-0.39, 0.29) is 24.3 Å². The SMILES string of the molecule is CCN(CC(C)(C)O)C(=O)C1CCC(C(=O)O)C1. The molecule has 1 aliphatic rings. The van der Waals surface area contributed by atoms with Gasteiger partial charge in [0.15, 0.2) is 0 Å². The molecular formula is C13H23NO4. The van der Waals surface area contributed by atoms with Crippen LogP contribution in [0.4, 0.5) is 0 Å². The third kappa shape index (κ3) is 3.98. The largest absolute Gasteiger partial charge is 0.481 e. The predicted molar refractivity (Wildman–Crippen MR) is 67.0 cm³/mol. The number of likely N-dealkylation sites (N-methyl/N-ethyl adjacent to an activating group) is 1. The maximum atomic E-state index is 12.2. The van der Waals surface area contributed by atoms with Crippen LogP contribution in [0.1, 0.15) is 40.0 Å². The fourth-order valence-corrected chi connectivity index (χ4v) is 2.50. The summed E-state index contributed by atoms with van der Waals surface area (Å²) >= 11 is 0. The van der Waals surface area contributed by atoms with Gasteiger partial charge in [0.1, 0.15) is 0 Å². The molecule has 0 bridgehead atoms. The van der Waals surface area contributed by atoms with Crippen molar-refractivity contribution in [2.24, 2.45) is 11.8 Å². The molecule has 5 heteroatoms. The van der Waals surface area contributed by atoms with E-state index in [0.717, 1.165) is 0 Å². The molecule has 2 N–H and O–H groups in total. The van der Waals surface area contributed by atoms with E-state index in [9.17, 15) is 14.7 Å². The molecule has 1 rings (SSSR count). The highest BCUT2D eigenvalue weighted by molar-refractivity contribution is 5.81. The second-order valence-electron chi connectivity index (χ2n) is 5.71. The second kappa shape index (κ2) is 5.69. The number of aliphatic carboxylic acids is 1. The molecule has 0 spiro atoms. The molecular weight excluding hydrogens is 234 g/mol. The Labute approximate surface area is 108 Å². The molecule has 0 heterocycles. The first-order valence-corrected chi connectivity index (χ1v) is 6.48. The van der Waals surface area contributed by atoms with Crippen LogP contribution in [-0.4, -0.2) is 45.7 Å². The molecule has 0 radical (unpaired) electrons. The predicted octanol–water partition coefficient (Wildman–Crippen LogP) is 1.11. The summed E-state index contributed by atoms with van der Waals surface area (Å²) in [5.74, 6) is -1.42. The Morgan fingerprint density at radius 2 is 1.83 bits per heavy atom. The maximum absolute atomic E-state index is 12.2. The van der Waals surface area contributed by atoms with Gasteiger partial charge in [0, 0.05) is 19.0 Å².